The molecule has 11 heteroatoms. The van der Waals surface area contributed by atoms with Crippen molar-refractivity contribution in [2.75, 3.05) is 5.32 Å². The van der Waals surface area contributed by atoms with Gasteiger partial charge in [-0.05, 0) is 42.5 Å². The number of para-hydroxylation sites is 1. The number of halogens is 4. The lowest BCUT2D eigenvalue weighted by atomic mass is 10.3. The Morgan fingerprint density at radius 1 is 1.13 bits per heavy atom. The topological polar surface area (TPSA) is 72.2 Å². The molecule has 6 nitrogen and oxygen atoms in total. The Balaban J connectivity index is 1.52. The zero-order valence-electron chi connectivity index (χ0n) is 15.6. The fourth-order valence-electron chi connectivity index (χ4n) is 2.73. The zero-order valence-corrected chi connectivity index (χ0v) is 17.2. The van der Waals surface area contributed by atoms with Crippen molar-refractivity contribution in [2.24, 2.45) is 0 Å². The summed E-state index contributed by atoms with van der Waals surface area (Å²) in [5.74, 6) is 0.383. The molecule has 4 rings (SSSR count). The van der Waals surface area contributed by atoms with Crippen LogP contribution in [0.15, 0.2) is 60.0 Å². The van der Waals surface area contributed by atoms with Gasteiger partial charge in [-0.2, -0.15) is 23.3 Å². The largest absolute Gasteiger partial charge is 0.493 e. The quantitative estimate of drug-likeness (QED) is 0.363. The summed E-state index contributed by atoms with van der Waals surface area (Å²) >= 11 is 7.39. The van der Waals surface area contributed by atoms with Crippen LogP contribution in [0.2, 0.25) is 5.02 Å². The van der Waals surface area contributed by atoms with Crippen LogP contribution in [-0.4, -0.2) is 19.9 Å². The molecule has 0 spiro atoms. The summed E-state index contributed by atoms with van der Waals surface area (Å²) in [6.45, 7) is -0.151. The van der Waals surface area contributed by atoms with Gasteiger partial charge in [0, 0.05) is 5.69 Å². The van der Waals surface area contributed by atoms with Gasteiger partial charge < -0.3 is 15.2 Å². The van der Waals surface area contributed by atoms with E-state index in [4.69, 9.17) is 16.3 Å². The molecule has 0 unspecified atom stereocenters. The fourth-order valence-corrected chi connectivity index (χ4v) is 3.54. The number of nitrogens with one attached hydrogen (secondary N) is 1. The van der Waals surface area contributed by atoms with Crippen molar-refractivity contribution < 1.29 is 23.0 Å². The van der Waals surface area contributed by atoms with Crippen molar-refractivity contribution in [1.82, 2.24) is 14.8 Å². The number of benzene rings is 2. The van der Waals surface area contributed by atoms with E-state index in [1.807, 2.05) is 0 Å². The van der Waals surface area contributed by atoms with E-state index in [-0.39, 0.29) is 23.2 Å². The first-order valence-electron chi connectivity index (χ1n) is 8.85. The molecule has 0 radical (unpaired) electrons. The molecule has 2 aromatic carbocycles. The van der Waals surface area contributed by atoms with Crippen molar-refractivity contribution in [3.8, 4) is 17.3 Å². The van der Waals surface area contributed by atoms with E-state index in [2.05, 4.69) is 15.4 Å². The predicted molar refractivity (Wildman–Crippen MR) is 111 cm³/mol. The molecule has 2 aromatic heterocycles. The van der Waals surface area contributed by atoms with E-state index in [1.54, 1.807) is 48.5 Å². The number of nitrogens with zero attached hydrogens (tertiary/aromatic N) is 3. The first-order valence-corrected chi connectivity index (χ1v) is 10.1. The third-order valence-corrected chi connectivity index (χ3v) is 5.20. The van der Waals surface area contributed by atoms with Crippen LogP contribution in [-0.2, 0) is 12.8 Å². The van der Waals surface area contributed by atoms with Gasteiger partial charge in [0.05, 0.1) is 21.8 Å². The van der Waals surface area contributed by atoms with E-state index in [9.17, 15) is 18.3 Å². The van der Waals surface area contributed by atoms with Gasteiger partial charge in [-0.25, -0.2) is 4.68 Å². The van der Waals surface area contributed by atoms with Gasteiger partial charge in [0.25, 0.3) is 0 Å². The lowest BCUT2D eigenvalue weighted by Gasteiger charge is -2.11. The highest BCUT2D eigenvalue weighted by molar-refractivity contribution is 7.13. The van der Waals surface area contributed by atoms with E-state index in [0.29, 0.717) is 22.3 Å². The number of hydrogen-bond donors (Lipinski definition) is 2. The number of aromatic nitrogens is 3. The molecule has 0 aliphatic carbocycles. The van der Waals surface area contributed by atoms with Gasteiger partial charge >= 0.3 is 6.18 Å². The normalized spacial score (nSPS) is 11.5. The van der Waals surface area contributed by atoms with Crippen LogP contribution in [0.1, 0.15) is 11.4 Å². The maximum absolute atomic E-state index is 13.2. The molecular weight excluding hydrogens is 453 g/mol. The van der Waals surface area contributed by atoms with Crippen molar-refractivity contribution in [3.63, 3.8) is 0 Å². The number of rotatable bonds is 6. The summed E-state index contributed by atoms with van der Waals surface area (Å²) in [6.07, 6.45) is -4.60. The van der Waals surface area contributed by atoms with Crippen LogP contribution in [0, 0.1) is 0 Å². The lowest BCUT2D eigenvalue weighted by molar-refractivity contribution is -0.141. The van der Waals surface area contributed by atoms with Crippen molar-refractivity contribution >= 4 is 33.8 Å². The van der Waals surface area contributed by atoms with Gasteiger partial charge in [-0.15, -0.1) is 11.3 Å². The molecule has 0 bridgehead atoms. The molecule has 0 aliphatic heterocycles. The van der Waals surface area contributed by atoms with Gasteiger partial charge in [0.15, 0.2) is 10.8 Å². The first kappa shape index (κ1) is 21.0. The van der Waals surface area contributed by atoms with Crippen molar-refractivity contribution in [1.29, 1.82) is 0 Å². The predicted octanol–water partition coefficient (Wildman–Crippen LogP) is 6.03. The SMILES string of the molecule is Oc1csc(Nc2ccc(OCc3cc(C(F)(F)F)nn3-c3ccccc3Cl)cc2)n1. The van der Waals surface area contributed by atoms with Crippen molar-refractivity contribution in [2.45, 2.75) is 12.8 Å². The Labute approximate surface area is 183 Å². The Morgan fingerprint density at radius 2 is 1.87 bits per heavy atom. The molecule has 2 heterocycles. The molecule has 0 fully saturated rings. The maximum Gasteiger partial charge on any atom is 0.435 e. The lowest BCUT2D eigenvalue weighted by Crippen LogP contribution is -2.08. The number of ether oxygens (including phenoxy) is 1. The van der Waals surface area contributed by atoms with Gasteiger partial charge in [0.1, 0.15) is 12.4 Å². The minimum Gasteiger partial charge on any atom is -0.493 e. The summed E-state index contributed by atoms with van der Waals surface area (Å²) in [7, 11) is 0. The van der Waals surface area contributed by atoms with Crippen LogP contribution in [0.25, 0.3) is 5.69 Å². The summed E-state index contributed by atoms with van der Waals surface area (Å²) in [5, 5.41) is 18.3. The fraction of sp³-hybridized carbons (Fsp3) is 0.100. The average Bonchev–Trinajstić information content (AvgIpc) is 3.34. The molecule has 4 aromatic rings. The smallest absolute Gasteiger partial charge is 0.435 e. The average molecular weight is 467 g/mol. The molecule has 0 atom stereocenters. The standard InChI is InChI=1S/C20H14ClF3N4O2S/c21-15-3-1-2-4-16(15)28-13(9-17(27-28)20(22,23)24)10-30-14-7-5-12(6-8-14)25-19-26-18(29)11-31-19/h1-9,11,29H,10H2,(H,25,26). The van der Waals surface area contributed by atoms with Crippen LogP contribution in [0.4, 0.5) is 24.0 Å². The minimum absolute atomic E-state index is 0.0687. The number of anilines is 2. The van der Waals surface area contributed by atoms with Crippen LogP contribution in [0.3, 0.4) is 0 Å². The molecule has 160 valence electrons. The van der Waals surface area contributed by atoms with E-state index < -0.39 is 11.9 Å². The molecule has 0 aliphatic rings. The van der Waals surface area contributed by atoms with Gasteiger partial charge in [0.2, 0.25) is 5.88 Å². The third kappa shape index (κ3) is 4.92. The number of aromatic hydroxyl groups is 1. The van der Waals surface area contributed by atoms with Gasteiger partial charge in [-0.1, -0.05) is 23.7 Å². The third-order valence-electron chi connectivity index (χ3n) is 4.14. The van der Waals surface area contributed by atoms with Crippen molar-refractivity contribution in [3.05, 3.63) is 76.4 Å². The first-order chi connectivity index (χ1) is 14.8. The Morgan fingerprint density at radius 3 is 2.52 bits per heavy atom. The highest BCUT2D eigenvalue weighted by atomic mass is 35.5. The second kappa shape index (κ2) is 8.48. The second-order valence-corrected chi connectivity index (χ2v) is 7.60. The maximum atomic E-state index is 13.2. The van der Waals surface area contributed by atoms with Crippen LogP contribution in [0.5, 0.6) is 11.6 Å². The molecule has 0 saturated carbocycles. The summed E-state index contributed by atoms with van der Waals surface area (Å²) in [4.78, 5) is 3.89. The zero-order chi connectivity index (χ0) is 22.0. The molecule has 2 N–H and O–H groups in total. The Hall–Kier alpha value is -3.24. The van der Waals surface area contributed by atoms with Crippen LogP contribution >= 0.6 is 22.9 Å². The monoisotopic (exact) mass is 466 g/mol. The molecule has 31 heavy (non-hydrogen) atoms. The number of alkyl halides is 3. The minimum atomic E-state index is -4.60. The number of hydrogen-bond acceptors (Lipinski definition) is 6. The second-order valence-electron chi connectivity index (χ2n) is 6.33. The highest BCUT2D eigenvalue weighted by Gasteiger charge is 2.35. The number of thiazole rings is 1. The van der Waals surface area contributed by atoms with Gasteiger partial charge in [-0.3, -0.25) is 0 Å². The molecule has 0 saturated heterocycles. The Bertz CT molecular complexity index is 1190. The van der Waals surface area contributed by atoms with E-state index in [1.165, 1.54) is 16.7 Å². The Kier molecular flexibility index (Phi) is 5.75. The van der Waals surface area contributed by atoms with E-state index >= 15 is 0 Å². The molecule has 0 amide bonds. The van der Waals surface area contributed by atoms with E-state index in [0.717, 1.165) is 10.7 Å². The molecular formula is C20H14ClF3N4O2S. The summed E-state index contributed by atoms with van der Waals surface area (Å²) in [5.41, 5.74) is 0.199. The summed E-state index contributed by atoms with van der Waals surface area (Å²) < 4.78 is 46.4. The summed E-state index contributed by atoms with van der Waals surface area (Å²) in [6, 6.07) is 14.2. The highest BCUT2D eigenvalue weighted by Crippen LogP contribution is 2.31. The van der Waals surface area contributed by atoms with Crippen LogP contribution < -0.4 is 10.1 Å².